The van der Waals surface area contributed by atoms with Crippen molar-refractivity contribution in [3.05, 3.63) is 120 Å². The lowest BCUT2D eigenvalue weighted by Crippen LogP contribution is -2.30. The molecule has 222 valence electrons. The van der Waals surface area contributed by atoms with Crippen LogP contribution in [0, 0.1) is 0 Å². The van der Waals surface area contributed by atoms with Crippen molar-refractivity contribution < 1.29 is 19.1 Å². The Bertz CT molecular complexity index is 1750. The predicted octanol–water partition coefficient (Wildman–Crippen LogP) is 7.22. The van der Waals surface area contributed by atoms with Crippen LogP contribution >= 0.6 is 23.1 Å². The van der Waals surface area contributed by atoms with Crippen molar-refractivity contribution in [2.75, 3.05) is 17.2 Å². The van der Waals surface area contributed by atoms with Gasteiger partial charge in [-0.1, -0.05) is 53.8 Å². The summed E-state index contributed by atoms with van der Waals surface area (Å²) in [5, 5.41) is 8.69. The fraction of sp³-hybridized carbons (Fsp3) is 0.118. The summed E-state index contributed by atoms with van der Waals surface area (Å²) in [4.78, 5) is 44.4. The van der Waals surface area contributed by atoms with E-state index in [0.29, 0.717) is 28.7 Å². The first-order valence-electron chi connectivity index (χ1n) is 13.9. The minimum atomic E-state index is -0.479. The molecule has 0 bridgehead atoms. The topological polar surface area (TPSA) is 109 Å². The van der Waals surface area contributed by atoms with E-state index in [-0.39, 0.29) is 16.9 Å². The molecule has 3 amide bonds. The van der Waals surface area contributed by atoms with Gasteiger partial charge in [0.2, 0.25) is 5.91 Å². The van der Waals surface area contributed by atoms with E-state index in [9.17, 15) is 14.4 Å². The molecule has 0 aliphatic heterocycles. The molecule has 44 heavy (non-hydrogen) atoms. The van der Waals surface area contributed by atoms with Crippen LogP contribution in [0.1, 0.15) is 29.8 Å². The highest BCUT2D eigenvalue weighted by atomic mass is 32.2. The average molecular weight is 623 g/mol. The lowest BCUT2D eigenvalue weighted by molar-refractivity contribution is -0.115. The number of thioether (sulfide) groups is 1. The van der Waals surface area contributed by atoms with E-state index in [4.69, 9.17) is 4.74 Å². The van der Waals surface area contributed by atoms with Gasteiger partial charge in [-0.15, -0.1) is 11.8 Å². The van der Waals surface area contributed by atoms with E-state index in [1.165, 1.54) is 23.1 Å². The molecule has 1 heterocycles. The number of carbonyl (C=O) groups excluding carboxylic acids is 3. The van der Waals surface area contributed by atoms with Gasteiger partial charge in [-0.3, -0.25) is 14.4 Å². The van der Waals surface area contributed by atoms with Crippen LogP contribution in [0.4, 0.5) is 10.8 Å². The zero-order valence-corrected chi connectivity index (χ0v) is 25.7. The summed E-state index contributed by atoms with van der Waals surface area (Å²) in [5.74, 6) is -0.315. The number of nitrogens with one attached hydrogen (secondary N) is 3. The van der Waals surface area contributed by atoms with Gasteiger partial charge in [0.15, 0.2) is 5.13 Å². The van der Waals surface area contributed by atoms with Crippen LogP contribution in [0.5, 0.6) is 5.75 Å². The Morgan fingerprint density at radius 2 is 1.59 bits per heavy atom. The number of nitrogens with zero attached hydrogens (tertiary/aromatic N) is 1. The van der Waals surface area contributed by atoms with Crippen LogP contribution in [-0.4, -0.2) is 34.6 Å². The predicted molar refractivity (Wildman–Crippen MR) is 178 cm³/mol. The van der Waals surface area contributed by atoms with E-state index < -0.39 is 11.8 Å². The summed E-state index contributed by atoms with van der Waals surface area (Å²) in [5.41, 5.74) is 2.62. The Hall–Kier alpha value is -4.93. The second kappa shape index (κ2) is 14.5. The molecule has 0 aliphatic rings. The van der Waals surface area contributed by atoms with Crippen LogP contribution in [-0.2, 0) is 9.59 Å². The molecule has 8 nitrogen and oxygen atoms in total. The van der Waals surface area contributed by atoms with Crippen molar-refractivity contribution in [3.8, 4) is 5.75 Å². The number of para-hydroxylation sites is 1. The number of hydrogen-bond acceptors (Lipinski definition) is 7. The minimum Gasteiger partial charge on any atom is -0.494 e. The van der Waals surface area contributed by atoms with Crippen LogP contribution in [0.15, 0.2) is 114 Å². The molecule has 0 saturated heterocycles. The number of rotatable bonds is 11. The van der Waals surface area contributed by atoms with Gasteiger partial charge in [0.1, 0.15) is 11.4 Å². The van der Waals surface area contributed by atoms with Crippen molar-refractivity contribution in [2.45, 2.75) is 24.0 Å². The Kier molecular flexibility index (Phi) is 10.1. The lowest BCUT2D eigenvalue weighted by atomic mass is 10.1. The monoisotopic (exact) mass is 622 g/mol. The molecule has 0 fully saturated rings. The third-order valence-electron chi connectivity index (χ3n) is 6.35. The van der Waals surface area contributed by atoms with Crippen molar-refractivity contribution in [1.29, 1.82) is 0 Å². The normalized spacial score (nSPS) is 11.9. The smallest absolute Gasteiger partial charge is 0.272 e. The number of carbonyl (C=O) groups is 3. The summed E-state index contributed by atoms with van der Waals surface area (Å²) in [6.07, 6.45) is 1.61. The van der Waals surface area contributed by atoms with Gasteiger partial charge in [0.25, 0.3) is 11.8 Å². The van der Waals surface area contributed by atoms with Crippen molar-refractivity contribution in [1.82, 2.24) is 10.3 Å². The van der Waals surface area contributed by atoms with Gasteiger partial charge in [-0.05, 0) is 86.2 Å². The van der Waals surface area contributed by atoms with Crippen LogP contribution in [0.25, 0.3) is 16.3 Å². The zero-order chi connectivity index (χ0) is 30.9. The molecule has 3 N–H and O–H groups in total. The molecule has 1 aromatic heterocycles. The SMILES string of the molecule is CCOc1ccc(/C=C(\NC(=O)c2ccccc2)C(=O)Nc2ccc(SC(C)C(=O)Nc3nc4ccccc4s3)cc2)cc1. The Morgan fingerprint density at radius 3 is 2.30 bits per heavy atom. The summed E-state index contributed by atoms with van der Waals surface area (Å²) < 4.78 is 6.52. The number of thiazole rings is 1. The first-order valence-corrected chi connectivity index (χ1v) is 15.6. The molecule has 5 rings (SSSR count). The Balaban J connectivity index is 1.24. The van der Waals surface area contributed by atoms with Crippen molar-refractivity contribution in [3.63, 3.8) is 0 Å². The van der Waals surface area contributed by atoms with E-state index in [1.54, 1.807) is 54.6 Å². The lowest BCUT2D eigenvalue weighted by Gasteiger charge is -2.13. The summed E-state index contributed by atoms with van der Waals surface area (Å²) in [6, 6.07) is 30.8. The molecule has 0 radical (unpaired) electrons. The maximum atomic E-state index is 13.4. The third-order valence-corrected chi connectivity index (χ3v) is 8.41. The van der Waals surface area contributed by atoms with Crippen LogP contribution in [0.2, 0.25) is 0 Å². The van der Waals surface area contributed by atoms with E-state index in [0.717, 1.165) is 20.7 Å². The maximum Gasteiger partial charge on any atom is 0.272 e. The molecule has 4 aromatic carbocycles. The number of ether oxygens (including phenoxy) is 1. The summed E-state index contributed by atoms with van der Waals surface area (Å²) in [7, 11) is 0. The highest BCUT2D eigenvalue weighted by molar-refractivity contribution is 8.00. The van der Waals surface area contributed by atoms with Gasteiger partial charge in [-0.25, -0.2) is 4.98 Å². The summed E-state index contributed by atoms with van der Waals surface area (Å²) in [6.45, 7) is 4.28. The van der Waals surface area contributed by atoms with Gasteiger partial charge in [0.05, 0.1) is 22.1 Å². The Morgan fingerprint density at radius 1 is 0.886 bits per heavy atom. The molecule has 5 aromatic rings. The number of benzene rings is 4. The Labute approximate surface area is 263 Å². The molecule has 0 spiro atoms. The van der Waals surface area contributed by atoms with Crippen LogP contribution < -0.4 is 20.7 Å². The highest BCUT2D eigenvalue weighted by Gasteiger charge is 2.18. The highest BCUT2D eigenvalue weighted by Crippen LogP contribution is 2.29. The number of aromatic nitrogens is 1. The number of amides is 3. The standard InChI is InChI=1S/C34H30N4O4S2/c1-3-42-26-17-13-23(14-18-26)21-29(36-32(40)24-9-5-4-6-10-24)33(41)35-25-15-19-27(20-16-25)43-22(2)31(39)38-34-37-28-11-7-8-12-30(28)44-34/h4-22H,3H2,1-2H3,(H,35,41)(H,36,40)(H,37,38,39)/b29-21-. The maximum absolute atomic E-state index is 13.4. The zero-order valence-electron chi connectivity index (χ0n) is 24.1. The first kappa shape index (κ1) is 30.5. The van der Waals surface area contributed by atoms with Gasteiger partial charge >= 0.3 is 0 Å². The largest absolute Gasteiger partial charge is 0.494 e. The van der Waals surface area contributed by atoms with E-state index in [2.05, 4.69) is 20.9 Å². The second-order valence-corrected chi connectivity index (χ2v) is 12.0. The molecule has 1 atom stereocenters. The van der Waals surface area contributed by atoms with Crippen molar-refractivity contribution in [2.24, 2.45) is 0 Å². The van der Waals surface area contributed by atoms with Gasteiger partial charge in [0, 0.05) is 16.1 Å². The molecule has 0 aliphatic carbocycles. The first-order chi connectivity index (χ1) is 21.4. The number of fused-ring (bicyclic) bond motifs is 1. The molecular formula is C34H30N4O4S2. The average Bonchev–Trinajstić information content (AvgIpc) is 3.45. The van der Waals surface area contributed by atoms with E-state index in [1.807, 2.05) is 68.4 Å². The minimum absolute atomic E-state index is 0.0848. The number of hydrogen-bond donors (Lipinski definition) is 3. The quantitative estimate of drug-likeness (QED) is 0.106. The van der Waals surface area contributed by atoms with E-state index >= 15 is 0 Å². The third kappa shape index (κ3) is 8.12. The van der Waals surface area contributed by atoms with Crippen molar-refractivity contribution >= 4 is 67.9 Å². The van der Waals surface area contributed by atoms with Gasteiger partial charge in [-0.2, -0.15) is 0 Å². The summed E-state index contributed by atoms with van der Waals surface area (Å²) >= 11 is 2.83. The molecular weight excluding hydrogens is 593 g/mol. The number of anilines is 2. The van der Waals surface area contributed by atoms with Crippen LogP contribution in [0.3, 0.4) is 0 Å². The fourth-order valence-electron chi connectivity index (χ4n) is 4.14. The fourth-order valence-corrected chi connectivity index (χ4v) is 5.88. The van der Waals surface area contributed by atoms with Gasteiger partial charge < -0.3 is 20.7 Å². The second-order valence-electron chi connectivity index (χ2n) is 9.59. The molecule has 1 unspecified atom stereocenters. The molecule has 10 heteroatoms. The molecule has 0 saturated carbocycles.